The van der Waals surface area contributed by atoms with Crippen molar-refractivity contribution in [3.05, 3.63) is 89.5 Å². The summed E-state index contributed by atoms with van der Waals surface area (Å²) in [6, 6.07) is 24.0. The van der Waals surface area contributed by atoms with Gasteiger partial charge in [0.15, 0.2) is 0 Å². The van der Waals surface area contributed by atoms with E-state index in [9.17, 15) is 4.79 Å². The van der Waals surface area contributed by atoms with Crippen molar-refractivity contribution in [2.45, 2.75) is 18.9 Å². The summed E-state index contributed by atoms with van der Waals surface area (Å²) >= 11 is 0. The third-order valence-electron chi connectivity index (χ3n) is 4.71. The molecule has 0 saturated heterocycles. The molecule has 124 valence electrons. The minimum Gasteiger partial charge on any atom is -0.461 e. The fraction of sp³-hybridized carbons (Fsp3) is 0.136. The van der Waals surface area contributed by atoms with Crippen molar-refractivity contribution in [2.24, 2.45) is 0 Å². The molecule has 0 atom stereocenters. The number of benzene rings is 3. The van der Waals surface area contributed by atoms with Crippen LogP contribution in [0.4, 0.5) is 5.69 Å². The van der Waals surface area contributed by atoms with E-state index in [1.54, 1.807) is 0 Å². The molecule has 4 rings (SSSR count). The van der Waals surface area contributed by atoms with Gasteiger partial charge in [0.25, 0.3) is 0 Å². The molecule has 3 nitrogen and oxygen atoms in total. The molecule has 3 aromatic carbocycles. The first kappa shape index (κ1) is 15.5. The molecule has 2 N–H and O–H groups in total. The highest BCUT2D eigenvalue weighted by molar-refractivity contribution is 5.82. The SMILES string of the molecule is Nc1ccc(COC(=O)CC2c3ccccc3-c3ccccc32)cc1. The molecule has 3 aromatic rings. The Balaban J connectivity index is 1.50. The van der Waals surface area contributed by atoms with Crippen molar-refractivity contribution >= 4 is 11.7 Å². The maximum Gasteiger partial charge on any atom is 0.307 e. The van der Waals surface area contributed by atoms with Crippen molar-refractivity contribution in [1.29, 1.82) is 0 Å². The van der Waals surface area contributed by atoms with Gasteiger partial charge in [0.1, 0.15) is 6.61 Å². The van der Waals surface area contributed by atoms with Crippen LogP contribution < -0.4 is 5.73 Å². The maximum absolute atomic E-state index is 12.4. The fourth-order valence-corrected chi connectivity index (χ4v) is 3.48. The minimum absolute atomic E-state index is 0.0614. The fourth-order valence-electron chi connectivity index (χ4n) is 3.48. The molecule has 1 aliphatic rings. The first-order valence-corrected chi connectivity index (χ1v) is 8.40. The number of fused-ring (bicyclic) bond motifs is 3. The number of nitrogen functional groups attached to an aromatic ring is 1. The summed E-state index contributed by atoms with van der Waals surface area (Å²) in [4.78, 5) is 12.4. The van der Waals surface area contributed by atoms with Gasteiger partial charge < -0.3 is 10.5 Å². The topological polar surface area (TPSA) is 52.3 Å². The van der Waals surface area contributed by atoms with Crippen LogP contribution in [0.5, 0.6) is 0 Å². The normalized spacial score (nSPS) is 12.5. The van der Waals surface area contributed by atoms with Crippen molar-refractivity contribution in [3.63, 3.8) is 0 Å². The van der Waals surface area contributed by atoms with E-state index in [0.717, 1.165) is 5.56 Å². The standard InChI is InChI=1S/C22H19NO2/c23-16-11-9-15(10-12-16)14-25-22(24)13-21-19-7-3-1-5-17(19)18-6-2-4-8-20(18)21/h1-12,21H,13-14,23H2. The van der Waals surface area contributed by atoms with Crippen LogP contribution in [-0.2, 0) is 16.1 Å². The molecule has 0 spiro atoms. The van der Waals surface area contributed by atoms with E-state index in [2.05, 4.69) is 24.3 Å². The number of anilines is 1. The number of carbonyl (C=O) groups is 1. The quantitative estimate of drug-likeness (QED) is 0.566. The summed E-state index contributed by atoms with van der Waals surface area (Å²) < 4.78 is 5.48. The largest absolute Gasteiger partial charge is 0.461 e. The summed E-state index contributed by atoms with van der Waals surface area (Å²) in [6.07, 6.45) is 0.350. The Morgan fingerprint density at radius 1 is 0.840 bits per heavy atom. The van der Waals surface area contributed by atoms with Crippen LogP contribution in [-0.4, -0.2) is 5.97 Å². The number of hydrogen-bond acceptors (Lipinski definition) is 3. The number of rotatable bonds is 4. The predicted octanol–water partition coefficient (Wildman–Crippen LogP) is 4.51. The summed E-state index contributed by atoms with van der Waals surface area (Å²) in [6.45, 7) is 0.273. The van der Waals surface area contributed by atoms with E-state index in [-0.39, 0.29) is 18.5 Å². The Morgan fingerprint density at radius 3 is 2.00 bits per heavy atom. The van der Waals surface area contributed by atoms with Crippen LogP contribution in [0.15, 0.2) is 72.8 Å². The van der Waals surface area contributed by atoms with Crippen LogP contribution in [0.1, 0.15) is 29.0 Å². The lowest BCUT2D eigenvalue weighted by molar-refractivity contribution is -0.145. The zero-order chi connectivity index (χ0) is 17.2. The van der Waals surface area contributed by atoms with Gasteiger partial charge in [-0.3, -0.25) is 4.79 Å². The molecule has 25 heavy (non-hydrogen) atoms. The molecular formula is C22H19NO2. The van der Waals surface area contributed by atoms with Gasteiger partial charge in [0.05, 0.1) is 6.42 Å². The van der Waals surface area contributed by atoms with E-state index < -0.39 is 0 Å². The lowest BCUT2D eigenvalue weighted by atomic mass is 9.94. The van der Waals surface area contributed by atoms with Crippen molar-refractivity contribution in [3.8, 4) is 11.1 Å². The zero-order valence-electron chi connectivity index (χ0n) is 13.8. The molecule has 0 aliphatic heterocycles. The van der Waals surface area contributed by atoms with Gasteiger partial charge >= 0.3 is 5.97 Å². The maximum atomic E-state index is 12.4. The van der Waals surface area contributed by atoms with Gasteiger partial charge in [-0.15, -0.1) is 0 Å². The summed E-state index contributed by atoms with van der Waals surface area (Å²) in [5.41, 5.74) is 12.2. The molecule has 0 amide bonds. The lowest BCUT2D eigenvalue weighted by Crippen LogP contribution is -2.10. The minimum atomic E-state index is -0.187. The highest BCUT2D eigenvalue weighted by Crippen LogP contribution is 2.46. The Morgan fingerprint density at radius 2 is 1.40 bits per heavy atom. The first-order chi connectivity index (χ1) is 12.2. The van der Waals surface area contributed by atoms with Crippen LogP contribution in [0.25, 0.3) is 11.1 Å². The average Bonchev–Trinajstić information content (AvgIpc) is 2.96. The predicted molar refractivity (Wildman–Crippen MR) is 99.0 cm³/mol. The number of esters is 1. The first-order valence-electron chi connectivity index (χ1n) is 8.40. The van der Waals surface area contributed by atoms with Crippen molar-refractivity contribution < 1.29 is 9.53 Å². The molecule has 3 heteroatoms. The molecular weight excluding hydrogens is 310 g/mol. The van der Waals surface area contributed by atoms with Crippen molar-refractivity contribution in [2.75, 3.05) is 5.73 Å². The second-order valence-corrected chi connectivity index (χ2v) is 6.33. The molecule has 0 heterocycles. The van der Waals surface area contributed by atoms with Gasteiger partial charge in [-0.1, -0.05) is 60.7 Å². The number of carbonyl (C=O) groups excluding carboxylic acids is 1. The van der Waals surface area contributed by atoms with E-state index in [1.807, 2.05) is 48.5 Å². The summed E-state index contributed by atoms with van der Waals surface area (Å²) in [5, 5.41) is 0. The second kappa shape index (κ2) is 6.44. The molecule has 0 saturated carbocycles. The third-order valence-corrected chi connectivity index (χ3v) is 4.71. The smallest absolute Gasteiger partial charge is 0.307 e. The highest BCUT2D eigenvalue weighted by Gasteiger charge is 2.30. The lowest BCUT2D eigenvalue weighted by Gasteiger charge is -2.13. The van der Waals surface area contributed by atoms with E-state index in [1.165, 1.54) is 22.3 Å². The second-order valence-electron chi connectivity index (χ2n) is 6.33. The van der Waals surface area contributed by atoms with Gasteiger partial charge in [0.2, 0.25) is 0 Å². The molecule has 0 fully saturated rings. The molecule has 0 radical (unpaired) electrons. The summed E-state index contributed by atoms with van der Waals surface area (Å²) in [7, 11) is 0. The zero-order valence-corrected chi connectivity index (χ0v) is 13.8. The molecule has 0 aromatic heterocycles. The molecule has 0 bridgehead atoms. The summed E-state index contributed by atoms with van der Waals surface area (Å²) in [5.74, 6) is -0.125. The van der Waals surface area contributed by atoms with Crippen LogP contribution in [0.2, 0.25) is 0 Å². The molecule has 1 aliphatic carbocycles. The van der Waals surface area contributed by atoms with Crippen LogP contribution in [0.3, 0.4) is 0 Å². The highest BCUT2D eigenvalue weighted by atomic mass is 16.5. The van der Waals surface area contributed by atoms with E-state index in [4.69, 9.17) is 10.5 Å². The van der Waals surface area contributed by atoms with Gasteiger partial charge in [-0.2, -0.15) is 0 Å². The van der Waals surface area contributed by atoms with Crippen molar-refractivity contribution in [1.82, 2.24) is 0 Å². The third kappa shape index (κ3) is 3.01. The Kier molecular flexibility index (Phi) is 3.98. The number of ether oxygens (including phenoxy) is 1. The number of hydrogen-bond donors (Lipinski definition) is 1. The molecule has 0 unspecified atom stereocenters. The monoisotopic (exact) mass is 329 g/mol. The van der Waals surface area contributed by atoms with E-state index in [0.29, 0.717) is 12.1 Å². The van der Waals surface area contributed by atoms with Gasteiger partial charge in [0, 0.05) is 11.6 Å². The Labute approximate surface area is 147 Å². The number of nitrogens with two attached hydrogens (primary N) is 1. The van der Waals surface area contributed by atoms with Crippen LogP contribution in [0, 0.1) is 0 Å². The Hall–Kier alpha value is -3.07. The average molecular weight is 329 g/mol. The van der Waals surface area contributed by atoms with Crippen LogP contribution >= 0.6 is 0 Å². The Bertz CT molecular complexity index is 870. The van der Waals surface area contributed by atoms with E-state index >= 15 is 0 Å². The van der Waals surface area contributed by atoms with Gasteiger partial charge in [-0.25, -0.2) is 0 Å². The van der Waals surface area contributed by atoms with Gasteiger partial charge in [-0.05, 0) is 39.9 Å².